The third kappa shape index (κ3) is 7.88. The van der Waals surface area contributed by atoms with Gasteiger partial charge in [0, 0.05) is 6.54 Å². The number of nitrogens with two attached hydrogens (primary N) is 1. The SMILES string of the molecule is COC(=O)N[C@@H](CCCCNC(N)=O)C(=O)O. The second kappa shape index (κ2) is 8.20. The van der Waals surface area contributed by atoms with E-state index in [1.165, 1.54) is 0 Å². The number of hydrogen-bond donors (Lipinski definition) is 4. The number of carboxylic acids is 1. The number of rotatable bonds is 7. The molecule has 0 fully saturated rings. The molecule has 0 aliphatic heterocycles. The van der Waals surface area contributed by atoms with Crippen LogP contribution in [0, 0.1) is 0 Å². The van der Waals surface area contributed by atoms with E-state index in [-0.39, 0.29) is 6.42 Å². The number of carbonyl (C=O) groups excluding carboxylic acids is 2. The topological polar surface area (TPSA) is 131 Å². The third-order valence-corrected chi connectivity index (χ3v) is 1.99. The summed E-state index contributed by atoms with van der Waals surface area (Å²) in [6.07, 6.45) is 0.578. The number of carbonyl (C=O) groups is 3. The highest BCUT2D eigenvalue weighted by Gasteiger charge is 2.19. The number of unbranched alkanes of at least 4 members (excludes halogenated alkanes) is 1. The first kappa shape index (κ1) is 15.0. The van der Waals surface area contributed by atoms with Gasteiger partial charge in [-0.15, -0.1) is 0 Å². The van der Waals surface area contributed by atoms with Crippen molar-refractivity contribution in [3.05, 3.63) is 0 Å². The molecule has 8 nitrogen and oxygen atoms in total. The van der Waals surface area contributed by atoms with Gasteiger partial charge >= 0.3 is 18.1 Å². The van der Waals surface area contributed by atoms with Crippen molar-refractivity contribution in [2.24, 2.45) is 5.73 Å². The van der Waals surface area contributed by atoms with Gasteiger partial charge in [0.05, 0.1) is 7.11 Å². The highest BCUT2D eigenvalue weighted by molar-refractivity contribution is 5.79. The third-order valence-electron chi connectivity index (χ3n) is 1.99. The van der Waals surface area contributed by atoms with Crippen LogP contribution in [0.2, 0.25) is 0 Å². The number of methoxy groups -OCH3 is 1. The van der Waals surface area contributed by atoms with Crippen LogP contribution in [0.5, 0.6) is 0 Å². The van der Waals surface area contributed by atoms with E-state index in [0.717, 1.165) is 7.11 Å². The van der Waals surface area contributed by atoms with Crippen LogP contribution in [0.1, 0.15) is 19.3 Å². The molecule has 8 heteroatoms. The van der Waals surface area contributed by atoms with Gasteiger partial charge < -0.3 is 26.2 Å². The maximum absolute atomic E-state index is 10.8. The fourth-order valence-electron chi connectivity index (χ4n) is 1.14. The lowest BCUT2D eigenvalue weighted by Crippen LogP contribution is -2.40. The fourth-order valence-corrected chi connectivity index (χ4v) is 1.14. The Labute approximate surface area is 98.5 Å². The zero-order chi connectivity index (χ0) is 13.3. The summed E-state index contributed by atoms with van der Waals surface area (Å²) < 4.78 is 4.30. The van der Waals surface area contributed by atoms with Gasteiger partial charge in [-0.1, -0.05) is 0 Å². The molecule has 0 bridgehead atoms. The molecule has 98 valence electrons. The number of alkyl carbamates (subject to hydrolysis) is 1. The van der Waals surface area contributed by atoms with E-state index < -0.39 is 24.1 Å². The normalized spacial score (nSPS) is 11.4. The Morgan fingerprint density at radius 2 is 2.00 bits per heavy atom. The molecular formula is C9H17N3O5. The maximum atomic E-state index is 10.8. The molecule has 0 aliphatic rings. The number of nitrogens with one attached hydrogen (secondary N) is 2. The van der Waals surface area contributed by atoms with E-state index in [2.05, 4.69) is 15.4 Å². The van der Waals surface area contributed by atoms with Crippen LogP contribution >= 0.6 is 0 Å². The molecule has 1 atom stereocenters. The van der Waals surface area contributed by atoms with Crippen molar-refractivity contribution in [3.63, 3.8) is 0 Å². The van der Waals surface area contributed by atoms with Crippen molar-refractivity contribution in [2.45, 2.75) is 25.3 Å². The molecular weight excluding hydrogens is 230 g/mol. The molecule has 17 heavy (non-hydrogen) atoms. The predicted molar refractivity (Wildman–Crippen MR) is 58.4 cm³/mol. The van der Waals surface area contributed by atoms with Crippen LogP contribution in [-0.4, -0.2) is 42.9 Å². The van der Waals surface area contributed by atoms with Crippen LogP contribution < -0.4 is 16.4 Å². The summed E-state index contributed by atoms with van der Waals surface area (Å²) >= 11 is 0. The fraction of sp³-hybridized carbons (Fsp3) is 0.667. The minimum Gasteiger partial charge on any atom is -0.480 e. The Hall–Kier alpha value is -1.99. The van der Waals surface area contributed by atoms with Crippen LogP contribution in [0.4, 0.5) is 9.59 Å². The van der Waals surface area contributed by atoms with Gasteiger partial charge in [-0.25, -0.2) is 14.4 Å². The average Bonchev–Trinajstić information content (AvgIpc) is 2.26. The molecule has 0 aliphatic carbocycles. The van der Waals surface area contributed by atoms with Crippen LogP contribution in [-0.2, 0) is 9.53 Å². The number of ether oxygens (including phenoxy) is 1. The Morgan fingerprint density at radius 3 is 2.47 bits per heavy atom. The summed E-state index contributed by atoms with van der Waals surface area (Å²) in [5.74, 6) is -1.13. The number of aliphatic carboxylic acids is 1. The van der Waals surface area contributed by atoms with Crippen molar-refractivity contribution < 1.29 is 24.2 Å². The second-order valence-electron chi connectivity index (χ2n) is 3.31. The van der Waals surface area contributed by atoms with Crippen molar-refractivity contribution >= 4 is 18.1 Å². The number of urea groups is 1. The van der Waals surface area contributed by atoms with Gasteiger partial charge in [0.25, 0.3) is 0 Å². The summed E-state index contributed by atoms with van der Waals surface area (Å²) in [5.41, 5.74) is 4.85. The molecule has 0 saturated carbocycles. The Balaban J connectivity index is 3.82. The predicted octanol–water partition coefficient (Wildman–Crippen LogP) is -0.366. The van der Waals surface area contributed by atoms with Gasteiger partial charge in [-0.05, 0) is 19.3 Å². The lowest BCUT2D eigenvalue weighted by atomic mass is 10.1. The Kier molecular flexibility index (Phi) is 7.24. The molecule has 0 heterocycles. The van der Waals surface area contributed by atoms with Crippen molar-refractivity contribution in [1.82, 2.24) is 10.6 Å². The van der Waals surface area contributed by atoms with Gasteiger partial charge in [0.2, 0.25) is 0 Å². The van der Waals surface area contributed by atoms with E-state index in [4.69, 9.17) is 10.8 Å². The van der Waals surface area contributed by atoms with E-state index >= 15 is 0 Å². The lowest BCUT2D eigenvalue weighted by Gasteiger charge is -2.13. The molecule has 0 spiro atoms. The smallest absolute Gasteiger partial charge is 0.407 e. The van der Waals surface area contributed by atoms with Crippen LogP contribution in [0.3, 0.4) is 0 Å². The summed E-state index contributed by atoms with van der Waals surface area (Å²) in [4.78, 5) is 31.9. The summed E-state index contributed by atoms with van der Waals surface area (Å²) in [5, 5.41) is 13.4. The monoisotopic (exact) mass is 247 g/mol. The van der Waals surface area contributed by atoms with E-state index in [1.807, 2.05) is 0 Å². The highest BCUT2D eigenvalue weighted by Crippen LogP contribution is 2.01. The average molecular weight is 247 g/mol. The minimum absolute atomic E-state index is 0.255. The summed E-state index contributed by atoms with van der Waals surface area (Å²) in [6.45, 7) is 0.375. The zero-order valence-electron chi connectivity index (χ0n) is 9.56. The second-order valence-corrected chi connectivity index (χ2v) is 3.31. The first-order valence-electron chi connectivity index (χ1n) is 5.08. The van der Waals surface area contributed by atoms with Crippen molar-refractivity contribution in [2.75, 3.05) is 13.7 Å². The molecule has 0 radical (unpaired) electrons. The van der Waals surface area contributed by atoms with E-state index in [1.54, 1.807) is 0 Å². The van der Waals surface area contributed by atoms with Crippen LogP contribution in [0.25, 0.3) is 0 Å². The first-order valence-corrected chi connectivity index (χ1v) is 5.08. The number of carboxylic acid groups (broad SMARTS) is 1. The molecule has 3 amide bonds. The van der Waals surface area contributed by atoms with Crippen molar-refractivity contribution in [3.8, 4) is 0 Å². The van der Waals surface area contributed by atoms with Gasteiger partial charge in [-0.2, -0.15) is 0 Å². The van der Waals surface area contributed by atoms with Gasteiger partial charge in [0.15, 0.2) is 0 Å². The summed E-state index contributed by atoms with van der Waals surface area (Å²) in [7, 11) is 1.16. The van der Waals surface area contributed by atoms with Gasteiger partial charge in [-0.3, -0.25) is 0 Å². The minimum atomic E-state index is -1.13. The molecule has 5 N–H and O–H groups in total. The Morgan fingerprint density at radius 1 is 1.35 bits per heavy atom. The molecule has 0 aromatic rings. The number of primary amides is 1. The first-order chi connectivity index (χ1) is 7.97. The standard InChI is InChI=1S/C9H17N3O5/c1-17-9(16)12-6(7(13)14)4-2-3-5-11-8(10)15/h6H,2-5H2,1H3,(H,12,16)(H,13,14)(H3,10,11,15)/t6-/m0/s1. The quantitative estimate of drug-likeness (QED) is 0.456. The van der Waals surface area contributed by atoms with Crippen LogP contribution in [0.15, 0.2) is 0 Å². The largest absolute Gasteiger partial charge is 0.480 e. The number of amides is 3. The lowest BCUT2D eigenvalue weighted by molar-refractivity contribution is -0.139. The maximum Gasteiger partial charge on any atom is 0.407 e. The molecule has 0 aromatic heterocycles. The van der Waals surface area contributed by atoms with Crippen molar-refractivity contribution in [1.29, 1.82) is 0 Å². The number of hydrogen-bond acceptors (Lipinski definition) is 4. The molecule has 0 saturated heterocycles. The molecule has 0 rings (SSSR count). The highest BCUT2D eigenvalue weighted by atomic mass is 16.5. The molecule has 0 unspecified atom stereocenters. The van der Waals surface area contributed by atoms with Gasteiger partial charge in [0.1, 0.15) is 6.04 Å². The summed E-state index contributed by atoms with van der Waals surface area (Å²) in [6, 6.07) is -1.61. The zero-order valence-corrected chi connectivity index (χ0v) is 9.56. The molecule has 0 aromatic carbocycles. The Bertz CT molecular complexity index is 282. The van der Waals surface area contributed by atoms with E-state index in [0.29, 0.717) is 19.4 Å². The van der Waals surface area contributed by atoms with E-state index in [9.17, 15) is 14.4 Å².